The van der Waals surface area contributed by atoms with Crippen molar-refractivity contribution in [2.24, 2.45) is 11.7 Å². The summed E-state index contributed by atoms with van der Waals surface area (Å²) < 4.78 is 22.1. The van der Waals surface area contributed by atoms with Crippen molar-refractivity contribution >= 4 is 57.9 Å². The molecular formula is C22H24Cl2FN7O2. The molecule has 2 fully saturated rings. The fourth-order valence-electron chi connectivity index (χ4n) is 4.62. The maximum atomic E-state index is 14.7. The molecule has 12 heteroatoms. The number of amides is 1. The number of fused-ring (bicyclic) bond motifs is 1. The number of nitrogens with one attached hydrogen (secondary N) is 2. The van der Waals surface area contributed by atoms with Gasteiger partial charge in [0.05, 0.1) is 29.6 Å². The van der Waals surface area contributed by atoms with Gasteiger partial charge in [-0.25, -0.2) is 14.4 Å². The molecular weight excluding hydrogens is 484 g/mol. The molecule has 3 heterocycles. The van der Waals surface area contributed by atoms with E-state index in [0.29, 0.717) is 62.0 Å². The molecule has 1 atom stereocenters. The van der Waals surface area contributed by atoms with Crippen LogP contribution in [-0.2, 0) is 9.53 Å². The number of nitrogens with zero attached hydrogens (tertiary/aromatic N) is 4. The Morgan fingerprint density at radius 1 is 1.18 bits per heavy atom. The van der Waals surface area contributed by atoms with Crippen LogP contribution >= 0.6 is 23.2 Å². The van der Waals surface area contributed by atoms with Crippen LogP contribution in [0.5, 0.6) is 0 Å². The van der Waals surface area contributed by atoms with Gasteiger partial charge in [0.15, 0.2) is 5.65 Å². The number of hydrogen-bond acceptors (Lipinski definition) is 7. The Hall–Kier alpha value is -2.69. The average molecular weight is 508 g/mol. The van der Waals surface area contributed by atoms with Gasteiger partial charge in [0.1, 0.15) is 11.3 Å². The number of aromatic nitrogens is 4. The molecule has 0 spiro atoms. The largest absolute Gasteiger partial charge is 0.379 e. The molecule has 3 aromatic rings. The Labute approximate surface area is 205 Å². The van der Waals surface area contributed by atoms with E-state index in [4.69, 9.17) is 38.7 Å². The second kappa shape index (κ2) is 9.52. The van der Waals surface area contributed by atoms with E-state index < -0.39 is 5.82 Å². The molecule has 180 valence electrons. The molecule has 9 nitrogen and oxygen atoms in total. The molecule has 1 aliphatic carbocycles. The monoisotopic (exact) mass is 507 g/mol. The van der Waals surface area contributed by atoms with E-state index in [1.807, 2.05) is 4.57 Å². The second-order valence-electron chi connectivity index (χ2n) is 8.69. The molecule has 4 N–H and O–H groups in total. The lowest BCUT2D eigenvalue weighted by atomic mass is 9.85. The van der Waals surface area contributed by atoms with Crippen molar-refractivity contribution in [3.8, 4) is 0 Å². The van der Waals surface area contributed by atoms with Crippen molar-refractivity contribution in [1.29, 1.82) is 0 Å². The Kier molecular flexibility index (Phi) is 6.46. The minimum Gasteiger partial charge on any atom is -0.379 e. The standard InChI is InChI=1S/C22H24Cl2FN7O2/c23-12-7-15(24)18(16(25)8-12)30-22-29-17-9-27-21(28-13-5-6-34-10-13)31-20(17)32(22)14-3-1-11(2-4-14)19(26)33/h7-9,11,13-14H,1-6,10H2,(H2,26,33)(H,29,30)(H,27,28,31). The highest BCUT2D eigenvalue weighted by Crippen LogP contribution is 2.38. The number of imidazole rings is 1. The Bertz CT molecular complexity index is 1200. The summed E-state index contributed by atoms with van der Waals surface area (Å²) in [6, 6.07) is 2.77. The third kappa shape index (κ3) is 4.62. The predicted molar refractivity (Wildman–Crippen MR) is 128 cm³/mol. The quantitative estimate of drug-likeness (QED) is 0.451. The molecule has 0 bridgehead atoms. The van der Waals surface area contributed by atoms with Crippen LogP contribution in [-0.4, -0.2) is 44.7 Å². The van der Waals surface area contributed by atoms with Crippen LogP contribution < -0.4 is 16.4 Å². The van der Waals surface area contributed by atoms with Crippen molar-refractivity contribution in [3.05, 3.63) is 34.2 Å². The first kappa shape index (κ1) is 23.1. The summed E-state index contributed by atoms with van der Waals surface area (Å²) in [7, 11) is 0. The molecule has 1 unspecified atom stereocenters. The summed E-state index contributed by atoms with van der Waals surface area (Å²) >= 11 is 12.2. The van der Waals surface area contributed by atoms with Crippen LogP contribution in [0.1, 0.15) is 38.1 Å². The van der Waals surface area contributed by atoms with Gasteiger partial charge in [-0.15, -0.1) is 0 Å². The summed E-state index contributed by atoms with van der Waals surface area (Å²) in [6.45, 7) is 1.29. The van der Waals surface area contributed by atoms with Gasteiger partial charge in [-0.3, -0.25) is 9.36 Å². The molecule has 0 radical (unpaired) electrons. The second-order valence-corrected chi connectivity index (χ2v) is 9.53. The van der Waals surface area contributed by atoms with Crippen LogP contribution in [0.15, 0.2) is 18.3 Å². The number of anilines is 3. The van der Waals surface area contributed by atoms with Gasteiger partial charge in [0.2, 0.25) is 17.8 Å². The number of hydrogen-bond donors (Lipinski definition) is 3. The number of carbonyl (C=O) groups is 1. The topological polar surface area (TPSA) is 120 Å². The summed E-state index contributed by atoms with van der Waals surface area (Å²) in [4.78, 5) is 25.4. The van der Waals surface area contributed by atoms with E-state index in [2.05, 4.69) is 20.6 Å². The van der Waals surface area contributed by atoms with Crippen molar-refractivity contribution in [2.75, 3.05) is 23.8 Å². The lowest BCUT2D eigenvalue weighted by Crippen LogP contribution is -2.29. The normalized spacial score (nSPS) is 22.7. The predicted octanol–water partition coefficient (Wildman–Crippen LogP) is 4.43. The van der Waals surface area contributed by atoms with Crippen molar-refractivity contribution < 1.29 is 13.9 Å². The van der Waals surface area contributed by atoms with Gasteiger partial charge in [0.25, 0.3) is 0 Å². The minimum absolute atomic E-state index is 0.0187. The van der Waals surface area contributed by atoms with Gasteiger partial charge in [0, 0.05) is 23.6 Å². The minimum atomic E-state index is -0.594. The third-order valence-corrected chi connectivity index (χ3v) is 6.92. The molecule has 1 aliphatic heterocycles. The van der Waals surface area contributed by atoms with E-state index in [0.717, 1.165) is 6.42 Å². The first-order chi connectivity index (χ1) is 16.4. The number of ether oxygens (including phenoxy) is 1. The molecule has 5 rings (SSSR count). The fourth-order valence-corrected chi connectivity index (χ4v) is 5.13. The van der Waals surface area contributed by atoms with E-state index in [9.17, 15) is 9.18 Å². The number of carbonyl (C=O) groups excluding carboxylic acids is 1. The van der Waals surface area contributed by atoms with Gasteiger partial charge in [-0.1, -0.05) is 23.2 Å². The summed E-state index contributed by atoms with van der Waals surface area (Å²) in [5, 5.41) is 6.67. The number of primary amides is 1. The zero-order valence-electron chi connectivity index (χ0n) is 18.2. The van der Waals surface area contributed by atoms with E-state index in [1.54, 1.807) is 6.20 Å². The third-order valence-electron chi connectivity index (χ3n) is 6.40. The number of rotatable bonds is 6. The highest BCUT2D eigenvalue weighted by Gasteiger charge is 2.30. The lowest BCUT2D eigenvalue weighted by molar-refractivity contribution is -0.122. The molecule has 1 amide bonds. The highest BCUT2D eigenvalue weighted by molar-refractivity contribution is 6.36. The summed E-state index contributed by atoms with van der Waals surface area (Å²) in [5.74, 6) is -0.175. The Morgan fingerprint density at radius 2 is 1.97 bits per heavy atom. The summed E-state index contributed by atoms with van der Waals surface area (Å²) in [5.41, 5.74) is 6.75. The fraction of sp³-hybridized carbons (Fsp3) is 0.455. The van der Waals surface area contributed by atoms with E-state index in [-0.39, 0.29) is 39.6 Å². The van der Waals surface area contributed by atoms with Gasteiger partial charge >= 0.3 is 0 Å². The van der Waals surface area contributed by atoms with E-state index in [1.165, 1.54) is 12.1 Å². The van der Waals surface area contributed by atoms with Crippen molar-refractivity contribution in [3.63, 3.8) is 0 Å². The first-order valence-electron chi connectivity index (χ1n) is 11.2. The SMILES string of the molecule is NC(=O)C1CCC(n2c(Nc3c(F)cc(Cl)cc3Cl)nc3cnc(NC4CCOC4)nc32)CC1. The maximum absolute atomic E-state index is 14.7. The molecule has 1 aromatic carbocycles. The molecule has 1 saturated carbocycles. The summed E-state index contributed by atoms with van der Waals surface area (Å²) in [6.07, 6.45) is 5.23. The van der Waals surface area contributed by atoms with E-state index >= 15 is 0 Å². The number of nitrogens with two attached hydrogens (primary N) is 1. The van der Waals surface area contributed by atoms with Crippen LogP contribution in [0.4, 0.5) is 22.0 Å². The Balaban J connectivity index is 1.54. The smallest absolute Gasteiger partial charge is 0.225 e. The van der Waals surface area contributed by atoms with Gasteiger partial charge in [-0.2, -0.15) is 4.98 Å². The maximum Gasteiger partial charge on any atom is 0.225 e. The molecule has 2 aliphatic rings. The lowest BCUT2D eigenvalue weighted by Gasteiger charge is -2.29. The zero-order valence-corrected chi connectivity index (χ0v) is 19.7. The first-order valence-corrected chi connectivity index (χ1v) is 11.9. The van der Waals surface area contributed by atoms with Crippen LogP contribution in [0.3, 0.4) is 0 Å². The van der Waals surface area contributed by atoms with Crippen LogP contribution in [0, 0.1) is 11.7 Å². The van der Waals surface area contributed by atoms with Crippen molar-refractivity contribution in [1.82, 2.24) is 19.5 Å². The highest BCUT2D eigenvalue weighted by atomic mass is 35.5. The average Bonchev–Trinajstić information content (AvgIpc) is 3.43. The number of halogens is 3. The van der Waals surface area contributed by atoms with Crippen LogP contribution in [0.25, 0.3) is 11.2 Å². The van der Waals surface area contributed by atoms with Gasteiger partial charge < -0.3 is 21.1 Å². The molecule has 1 saturated heterocycles. The molecule has 2 aromatic heterocycles. The Morgan fingerprint density at radius 3 is 2.65 bits per heavy atom. The zero-order chi connectivity index (χ0) is 23.8. The number of benzene rings is 1. The van der Waals surface area contributed by atoms with Crippen LogP contribution in [0.2, 0.25) is 10.0 Å². The van der Waals surface area contributed by atoms with Crippen molar-refractivity contribution in [2.45, 2.75) is 44.2 Å². The molecule has 34 heavy (non-hydrogen) atoms. The van der Waals surface area contributed by atoms with Gasteiger partial charge in [-0.05, 0) is 44.2 Å².